The van der Waals surface area contributed by atoms with Gasteiger partial charge >= 0.3 is 75.1 Å². The molecule has 0 N–H and O–H groups in total. The Morgan fingerprint density at radius 3 is 1.60 bits per heavy atom. The van der Waals surface area contributed by atoms with Crippen molar-refractivity contribution in [3.8, 4) is 0 Å². The summed E-state index contributed by atoms with van der Waals surface area (Å²) < 4.78 is 4.32. The summed E-state index contributed by atoms with van der Waals surface area (Å²) >= 11 is 1.83. The van der Waals surface area contributed by atoms with Crippen molar-refractivity contribution < 1.29 is 19.6 Å². The van der Waals surface area contributed by atoms with E-state index >= 15 is 0 Å². The summed E-state index contributed by atoms with van der Waals surface area (Å²) in [7, 11) is 0. The maximum absolute atomic E-state index is 4.32. The first-order chi connectivity index (χ1) is 4.27. The Morgan fingerprint density at radius 1 is 1.10 bits per heavy atom. The molecule has 0 unspecified atom stereocenters. The first-order valence-electron chi connectivity index (χ1n) is 3.61. The predicted octanol–water partition coefficient (Wildman–Crippen LogP) is 2.93. The van der Waals surface area contributed by atoms with E-state index in [-0.39, 0.29) is 5.54 Å². The number of hydrogen-bond donors (Lipinski definition) is 0. The van der Waals surface area contributed by atoms with Crippen LogP contribution >= 0.6 is 0 Å². The average Bonchev–Trinajstić information content (AvgIpc) is 1.60. The minimum absolute atomic E-state index is 0.155. The van der Waals surface area contributed by atoms with Crippen LogP contribution in [0.25, 0.3) is 0 Å². The van der Waals surface area contributed by atoms with Crippen LogP contribution in [-0.2, 0) is 19.6 Å². The third-order valence-corrected chi connectivity index (χ3v) is 2.42. The summed E-state index contributed by atoms with van der Waals surface area (Å²) in [5.41, 5.74) is 0.549. The van der Waals surface area contributed by atoms with Gasteiger partial charge in [-0.2, -0.15) is 0 Å². The molecule has 0 aliphatic rings. The molecule has 0 rings (SSSR count). The Hall–Kier alpha value is 0.488. The van der Waals surface area contributed by atoms with Gasteiger partial charge in [-0.15, -0.1) is 0 Å². The van der Waals surface area contributed by atoms with Crippen LogP contribution in [0.15, 0.2) is 3.50 Å². The van der Waals surface area contributed by atoms with Gasteiger partial charge < -0.3 is 0 Å². The molecule has 0 aromatic carbocycles. The van der Waals surface area contributed by atoms with Crippen LogP contribution in [0.5, 0.6) is 0 Å². The number of nitrogens with zero attached hydrogens (tertiary/aromatic N) is 1. The van der Waals surface area contributed by atoms with E-state index in [1.54, 1.807) is 0 Å². The van der Waals surface area contributed by atoms with Crippen LogP contribution in [0.2, 0.25) is 0 Å². The Labute approximate surface area is 75.3 Å². The van der Waals surface area contributed by atoms with Crippen molar-refractivity contribution in [1.82, 2.24) is 0 Å². The normalized spacial score (nSPS) is 13.3. The third kappa shape index (κ3) is 5.29. The molecule has 0 aromatic rings. The Balaban J connectivity index is 4.01. The van der Waals surface area contributed by atoms with Crippen molar-refractivity contribution in [2.75, 3.05) is 0 Å². The fourth-order valence-electron chi connectivity index (χ4n) is 1.33. The van der Waals surface area contributed by atoms with Crippen LogP contribution in [0, 0.1) is 5.41 Å². The summed E-state index contributed by atoms with van der Waals surface area (Å²) in [6.45, 7) is 11.1. The van der Waals surface area contributed by atoms with Crippen molar-refractivity contribution >= 4 is 0 Å². The fraction of sp³-hybridized carbons (Fsp3) is 1.00. The zero-order chi connectivity index (χ0) is 8.41. The molecule has 0 saturated heterocycles. The molecule has 0 aliphatic heterocycles. The van der Waals surface area contributed by atoms with Crippen molar-refractivity contribution in [1.29, 1.82) is 0 Å². The van der Waals surface area contributed by atoms with Gasteiger partial charge in [0.2, 0.25) is 0 Å². The van der Waals surface area contributed by atoms with Gasteiger partial charge in [0, 0.05) is 0 Å². The van der Waals surface area contributed by atoms with E-state index in [1.165, 1.54) is 0 Å². The second kappa shape index (κ2) is 3.26. The van der Waals surface area contributed by atoms with Crippen LogP contribution in [-0.4, -0.2) is 5.54 Å². The monoisotopic (exact) mass is 225 g/mol. The summed E-state index contributed by atoms with van der Waals surface area (Å²) in [6, 6.07) is 0. The van der Waals surface area contributed by atoms with E-state index in [4.69, 9.17) is 0 Å². The van der Waals surface area contributed by atoms with Crippen molar-refractivity contribution in [3.63, 3.8) is 0 Å². The molecule has 0 amide bonds. The van der Waals surface area contributed by atoms with Crippen molar-refractivity contribution in [2.45, 2.75) is 46.6 Å². The van der Waals surface area contributed by atoms with Crippen LogP contribution in [0.1, 0.15) is 41.0 Å². The zero-order valence-corrected chi connectivity index (χ0v) is 9.57. The SMILES string of the molecule is CC(C)(C)CC(C)(C)[N]=[Mo]. The molecular formula is C8H17MoN. The molecule has 60 valence electrons. The first kappa shape index (κ1) is 10.5. The number of hydrogen-bond acceptors (Lipinski definition) is 1. The second-order valence-electron chi connectivity index (χ2n) is 4.64. The summed E-state index contributed by atoms with van der Waals surface area (Å²) in [5, 5.41) is 0. The van der Waals surface area contributed by atoms with E-state index in [9.17, 15) is 0 Å². The fourth-order valence-corrected chi connectivity index (χ4v) is 1.49. The second-order valence-corrected chi connectivity index (χ2v) is 5.09. The van der Waals surface area contributed by atoms with Gasteiger partial charge in [0.05, 0.1) is 0 Å². The van der Waals surface area contributed by atoms with Gasteiger partial charge in [-0.3, -0.25) is 0 Å². The topological polar surface area (TPSA) is 12.4 Å². The van der Waals surface area contributed by atoms with E-state index in [2.05, 4.69) is 38.1 Å². The molecule has 0 radical (unpaired) electrons. The van der Waals surface area contributed by atoms with Crippen molar-refractivity contribution in [3.05, 3.63) is 0 Å². The quantitative estimate of drug-likeness (QED) is 0.638. The van der Waals surface area contributed by atoms with Gasteiger partial charge in [-0.25, -0.2) is 0 Å². The van der Waals surface area contributed by atoms with Crippen LogP contribution in [0.4, 0.5) is 0 Å². The van der Waals surface area contributed by atoms with E-state index in [0.29, 0.717) is 5.41 Å². The average molecular weight is 223 g/mol. The summed E-state index contributed by atoms with van der Waals surface area (Å²) in [6.07, 6.45) is 1.15. The zero-order valence-electron chi connectivity index (χ0n) is 7.56. The van der Waals surface area contributed by atoms with E-state index in [0.717, 1.165) is 6.42 Å². The van der Waals surface area contributed by atoms with Gasteiger partial charge in [0.15, 0.2) is 0 Å². The molecule has 0 aromatic heterocycles. The molecule has 2 heteroatoms. The Bertz CT molecular complexity index is 122. The van der Waals surface area contributed by atoms with Crippen molar-refractivity contribution in [2.24, 2.45) is 8.91 Å². The maximum atomic E-state index is 4.32. The molecule has 1 nitrogen and oxygen atoms in total. The standard InChI is InChI=1S/C8H17N.Mo/c1-7(2,3)6-8(4,5)9;/h6H2,1-5H3;. The van der Waals surface area contributed by atoms with Gasteiger partial charge in [0.1, 0.15) is 0 Å². The van der Waals surface area contributed by atoms with Gasteiger partial charge in [-0.05, 0) is 0 Å². The van der Waals surface area contributed by atoms with Crippen LogP contribution < -0.4 is 0 Å². The molecule has 0 atom stereocenters. The van der Waals surface area contributed by atoms with E-state index < -0.39 is 0 Å². The number of rotatable bonds is 2. The molecule has 0 aliphatic carbocycles. The minimum atomic E-state index is 0.155. The molecule has 0 saturated carbocycles. The summed E-state index contributed by atoms with van der Waals surface area (Å²) in [5.74, 6) is 0. The molecule has 0 heterocycles. The molecule has 10 heavy (non-hydrogen) atoms. The Morgan fingerprint density at radius 2 is 1.50 bits per heavy atom. The van der Waals surface area contributed by atoms with Gasteiger partial charge in [0.25, 0.3) is 0 Å². The van der Waals surface area contributed by atoms with Gasteiger partial charge in [-0.1, -0.05) is 0 Å². The Kier molecular flexibility index (Phi) is 3.42. The molecule has 0 spiro atoms. The van der Waals surface area contributed by atoms with E-state index in [1.807, 2.05) is 19.6 Å². The van der Waals surface area contributed by atoms with Crippen LogP contribution in [0.3, 0.4) is 0 Å². The molecule has 0 fully saturated rings. The molecular weight excluding hydrogens is 206 g/mol. The predicted molar refractivity (Wildman–Crippen MR) is 40.6 cm³/mol. The molecule has 0 bridgehead atoms. The first-order valence-corrected chi connectivity index (χ1v) is 4.51. The summed E-state index contributed by atoms with van der Waals surface area (Å²) in [4.78, 5) is 0. The third-order valence-electron chi connectivity index (χ3n) is 1.21.